The van der Waals surface area contributed by atoms with Gasteiger partial charge in [0.25, 0.3) is 0 Å². The predicted octanol–water partition coefficient (Wildman–Crippen LogP) is 4.03. The molecule has 0 aliphatic heterocycles. The third-order valence-corrected chi connectivity index (χ3v) is 4.49. The molecule has 1 fully saturated rings. The SMILES string of the molecule is COc1cc(NC(=O)C2CCC(NC(=O)OC(C)(C)C)CC2)ccc1C. The third kappa shape index (κ3) is 5.93. The average molecular weight is 362 g/mol. The molecule has 0 bridgehead atoms. The Labute approximate surface area is 155 Å². The Hall–Kier alpha value is -2.24. The highest BCUT2D eigenvalue weighted by Gasteiger charge is 2.28. The number of rotatable bonds is 4. The number of benzene rings is 1. The minimum absolute atomic E-state index is 0.0200. The molecule has 2 amide bonds. The van der Waals surface area contributed by atoms with E-state index in [9.17, 15) is 9.59 Å². The van der Waals surface area contributed by atoms with Gasteiger partial charge >= 0.3 is 6.09 Å². The number of hydrogen-bond acceptors (Lipinski definition) is 4. The third-order valence-electron chi connectivity index (χ3n) is 4.49. The van der Waals surface area contributed by atoms with Crippen molar-refractivity contribution in [2.45, 2.75) is 65.0 Å². The Bertz CT molecular complexity index is 644. The normalized spacial score (nSPS) is 20.2. The van der Waals surface area contributed by atoms with Gasteiger partial charge in [-0.15, -0.1) is 0 Å². The number of anilines is 1. The summed E-state index contributed by atoms with van der Waals surface area (Å²) in [6, 6.07) is 5.71. The molecule has 1 aliphatic carbocycles. The highest BCUT2D eigenvalue weighted by Crippen LogP contribution is 2.27. The zero-order chi connectivity index (χ0) is 19.3. The van der Waals surface area contributed by atoms with Gasteiger partial charge < -0.3 is 20.1 Å². The van der Waals surface area contributed by atoms with Gasteiger partial charge in [0, 0.05) is 23.7 Å². The van der Waals surface area contributed by atoms with Gasteiger partial charge in [0.1, 0.15) is 11.4 Å². The van der Waals surface area contributed by atoms with E-state index in [0.29, 0.717) is 0 Å². The maximum atomic E-state index is 12.5. The van der Waals surface area contributed by atoms with Gasteiger partial charge in [0.2, 0.25) is 5.91 Å². The smallest absolute Gasteiger partial charge is 0.407 e. The number of ether oxygens (including phenoxy) is 2. The Balaban J connectivity index is 1.82. The van der Waals surface area contributed by atoms with Gasteiger partial charge in [-0.05, 0) is 65.0 Å². The van der Waals surface area contributed by atoms with Crippen LogP contribution in [0.25, 0.3) is 0 Å². The molecule has 0 aromatic heterocycles. The summed E-state index contributed by atoms with van der Waals surface area (Å²) < 4.78 is 10.6. The first kappa shape index (κ1) is 20.1. The van der Waals surface area contributed by atoms with Crippen molar-refractivity contribution in [3.8, 4) is 5.75 Å². The molecular formula is C20H30N2O4. The van der Waals surface area contributed by atoms with E-state index in [4.69, 9.17) is 9.47 Å². The van der Waals surface area contributed by atoms with Crippen LogP contribution in [-0.2, 0) is 9.53 Å². The molecule has 1 aromatic carbocycles. The maximum absolute atomic E-state index is 12.5. The molecule has 26 heavy (non-hydrogen) atoms. The highest BCUT2D eigenvalue weighted by atomic mass is 16.6. The predicted molar refractivity (Wildman–Crippen MR) is 101 cm³/mol. The number of carbonyl (C=O) groups is 2. The van der Waals surface area contributed by atoms with E-state index in [-0.39, 0.29) is 17.9 Å². The van der Waals surface area contributed by atoms with Crippen LogP contribution in [0.3, 0.4) is 0 Å². The molecule has 144 valence electrons. The molecule has 0 atom stereocenters. The Morgan fingerprint density at radius 2 is 1.77 bits per heavy atom. The average Bonchev–Trinajstić information content (AvgIpc) is 2.55. The Kier molecular flexibility index (Phi) is 6.51. The van der Waals surface area contributed by atoms with E-state index in [0.717, 1.165) is 42.7 Å². The minimum Gasteiger partial charge on any atom is -0.496 e. The molecule has 1 saturated carbocycles. The fourth-order valence-corrected chi connectivity index (χ4v) is 3.12. The lowest BCUT2D eigenvalue weighted by atomic mass is 9.85. The molecule has 2 N–H and O–H groups in total. The van der Waals surface area contributed by atoms with Gasteiger partial charge in [-0.3, -0.25) is 4.79 Å². The number of hydrogen-bond donors (Lipinski definition) is 2. The van der Waals surface area contributed by atoms with Gasteiger partial charge in [-0.2, -0.15) is 0 Å². The summed E-state index contributed by atoms with van der Waals surface area (Å²) in [4.78, 5) is 24.4. The number of carbonyl (C=O) groups excluding carboxylic acids is 2. The molecule has 6 heteroatoms. The molecule has 0 saturated heterocycles. The van der Waals surface area contributed by atoms with Crippen LogP contribution in [0.15, 0.2) is 18.2 Å². The number of methoxy groups -OCH3 is 1. The maximum Gasteiger partial charge on any atom is 0.407 e. The topological polar surface area (TPSA) is 76.7 Å². The molecule has 1 aromatic rings. The van der Waals surface area contributed by atoms with E-state index in [1.807, 2.05) is 45.9 Å². The monoisotopic (exact) mass is 362 g/mol. The van der Waals surface area contributed by atoms with Crippen molar-refractivity contribution >= 4 is 17.7 Å². The molecule has 0 spiro atoms. The van der Waals surface area contributed by atoms with Crippen molar-refractivity contribution in [3.05, 3.63) is 23.8 Å². The van der Waals surface area contributed by atoms with E-state index in [2.05, 4.69) is 10.6 Å². The lowest BCUT2D eigenvalue weighted by Crippen LogP contribution is -2.42. The van der Waals surface area contributed by atoms with Crippen molar-refractivity contribution in [1.29, 1.82) is 0 Å². The van der Waals surface area contributed by atoms with Crippen LogP contribution in [0, 0.1) is 12.8 Å². The zero-order valence-corrected chi connectivity index (χ0v) is 16.3. The van der Waals surface area contributed by atoms with Crippen LogP contribution in [0.2, 0.25) is 0 Å². The fraction of sp³-hybridized carbons (Fsp3) is 0.600. The van der Waals surface area contributed by atoms with Gasteiger partial charge in [-0.1, -0.05) is 6.07 Å². The quantitative estimate of drug-likeness (QED) is 0.848. The largest absolute Gasteiger partial charge is 0.496 e. The number of amides is 2. The van der Waals surface area contributed by atoms with Crippen molar-refractivity contribution in [2.75, 3.05) is 12.4 Å². The van der Waals surface area contributed by atoms with Crippen LogP contribution >= 0.6 is 0 Å². The lowest BCUT2D eigenvalue weighted by molar-refractivity contribution is -0.120. The Morgan fingerprint density at radius 1 is 1.12 bits per heavy atom. The number of nitrogens with one attached hydrogen (secondary N) is 2. The first-order chi connectivity index (χ1) is 12.2. The van der Waals surface area contributed by atoms with Crippen molar-refractivity contribution in [1.82, 2.24) is 5.32 Å². The van der Waals surface area contributed by atoms with E-state index >= 15 is 0 Å². The summed E-state index contributed by atoms with van der Waals surface area (Å²) >= 11 is 0. The standard InChI is InChI=1S/C20H30N2O4/c1-13-6-9-16(12-17(13)25-5)21-18(23)14-7-10-15(11-8-14)22-19(24)26-20(2,3)4/h6,9,12,14-15H,7-8,10-11H2,1-5H3,(H,21,23)(H,22,24). The van der Waals surface area contributed by atoms with Gasteiger partial charge in [-0.25, -0.2) is 4.79 Å². The van der Waals surface area contributed by atoms with Crippen molar-refractivity contribution in [3.63, 3.8) is 0 Å². The summed E-state index contributed by atoms with van der Waals surface area (Å²) in [5, 5.41) is 5.87. The molecule has 2 rings (SSSR count). The van der Waals surface area contributed by atoms with Crippen molar-refractivity contribution in [2.24, 2.45) is 5.92 Å². The van der Waals surface area contributed by atoms with Crippen LogP contribution in [-0.4, -0.2) is 30.8 Å². The molecule has 6 nitrogen and oxygen atoms in total. The summed E-state index contributed by atoms with van der Waals surface area (Å²) in [6.07, 6.45) is 2.64. The Morgan fingerprint density at radius 3 is 2.35 bits per heavy atom. The van der Waals surface area contributed by atoms with E-state index < -0.39 is 11.7 Å². The summed E-state index contributed by atoms with van der Waals surface area (Å²) in [6.45, 7) is 7.49. The second-order valence-corrected chi connectivity index (χ2v) is 7.87. The summed E-state index contributed by atoms with van der Waals surface area (Å²) in [5.41, 5.74) is 1.27. The van der Waals surface area contributed by atoms with E-state index in [1.54, 1.807) is 7.11 Å². The fourth-order valence-electron chi connectivity index (χ4n) is 3.12. The molecular weight excluding hydrogens is 332 g/mol. The summed E-state index contributed by atoms with van der Waals surface area (Å²) in [5.74, 6) is 0.735. The molecule has 0 unspecified atom stereocenters. The van der Waals surface area contributed by atoms with Crippen molar-refractivity contribution < 1.29 is 19.1 Å². The molecule has 1 aliphatic rings. The van der Waals surface area contributed by atoms with Gasteiger partial charge in [0.15, 0.2) is 0 Å². The second-order valence-electron chi connectivity index (χ2n) is 7.87. The summed E-state index contributed by atoms with van der Waals surface area (Å²) in [7, 11) is 1.62. The zero-order valence-electron chi connectivity index (χ0n) is 16.3. The number of alkyl carbamates (subject to hydrolysis) is 1. The second kappa shape index (κ2) is 8.43. The first-order valence-electron chi connectivity index (χ1n) is 9.13. The van der Waals surface area contributed by atoms with Crippen LogP contribution in [0.1, 0.15) is 52.0 Å². The van der Waals surface area contributed by atoms with Crippen LogP contribution in [0.4, 0.5) is 10.5 Å². The lowest BCUT2D eigenvalue weighted by Gasteiger charge is -2.29. The van der Waals surface area contributed by atoms with E-state index in [1.165, 1.54) is 0 Å². The minimum atomic E-state index is -0.504. The van der Waals surface area contributed by atoms with Gasteiger partial charge in [0.05, 0.1) is 7.11 Å². The van der Waals surface area contributed by atoms with Crippen LogP contribution < -0.4 is 15.4 Å². The van der Waals surface area contributed by atoms with Crippen LogP contribution in [0.5, 0.6) is 5.75 Å². The highest BCUT2D eigenvalue weighted by molar-refractivity contribution is 5.92. The number of aryl methyl sites for hydroxylation is 1. The molecule has 0 radical (unpaired) electrons. The first-order valence-corrected chi connectivity index (χ1v) is 9.13. The molecule has 0 heterocycles.